The molecule has 1 atom stereocenters. The van der Waals surface area contributed by atoms with Gasteiger partial charge < -0.3 is 20.7 Å². The number of nitrogens with one attached hydrogen (secondary N) is 3. The molecular weight excluding hydrogens is 398 g/mol. The smallest absolute Gasteiger partial charge is 0.338 e. The second-order valence-electron chi connectivity index (χ2n) is 7.32. The van der Waals surface area contributed by atoms with E-state index in [1.807, 2.05) is 13.8 Å². The van der Waals surface area contributed by atoms with Crippen LogP contribution in [-0.4, -0.2) is 35.8 Å². The van der Waals surface area contributed by atoms with E-state index in [-0.39, 0.29) is 23.4 Å². The molecule has 0 aromatic heterocycles. The van der Waals surface area contributed by atoms with Gasteiger partial charge in [-0.15, -0.1) is 0 Å². The molecule has 0 heterocycles. The number of para-hydroxylation sites is 1. The van der Waals surface area contributed by atoms with Crippen LogP contribution in [0.4, 0.5) is 10.5 Å². The van der Waals surface area contributed by atoms with Crippen molar-refractivity contribution in [3.05, 3.63) is 65.2 Å². The fourth-order valence-corrected chi connectivity index (χ4v) is 2.67. The highest BCUT2D eigenvalue weighted by Crippen LogP contribution is 2.16. The van der Waals surface area contributed by atoms with E-state index in [0.29, 0.717) is 17.8 Å². The minimum Gasteiger partial charge on any atom is -0.449 e. The van der Waals surface area contributed by atoms with E-state index >= 15 is 0 Å². The average Bonchev–Trinajstić information content (AvgIpc) is 2.72. The highest BCUT2D eigenvalue weighted by Gasteiger charge is 2.20. The minimum absolute atomic E-state index is 0.0345. The molecule has 2 aromatic carbocycles. The Morgan fingerprint density at radius 3 is 2.19 bits per heavy atom. The van der Waals surface area contributed by atoms with E-state index in [1.54, 1.807) is 48.5 Å². The third kappa shape index (κ3) is 7.26. The summed E-state index contributed by atoms with van der Waals surface area (Å²) in [5.41, 5.74) is 1.82. The maximum atomic E-state index is 12.4. The first-order chi connectivity index (χ1) is 14.7. The molecule has 8 nitrogen and oxygen atoms in total. The standard InChI is InChI=1S/C23H27N3O5/c1-14(2)25-23(30)24-13-17-9-11-18(12-10-17)22(29)31-16(4)21(28)26-20-8-6-5-7-19(20)15(3)27/h5-12,14,16H,13H2,1-4H3,(H,26,28)(H2,24,25,30)/t16-/m1/s1. The van der Waals surface area contributed by atoms with Crippen LogP contribution in [0.2, 0.25) is 0 Å². The lowest BCUT2D eigenvalue weighted by Crippen LogP contribution is -2.39. The fraction of sp³-hybridized carbons (Fsp3) is 0.304. The van der Waals surface area contributed by atoms with Crippen LogP contribution < -0.4 is 16.0 Å². The molecule has 0 aliphatic carbocycles. The minimum atomic E-state index is -1.06. The highest BCUT2D eigenvalue weighted by molar-refractivity contribution is 6.05. The van der Waals surface area contributed by atoms with Gasteiger partial charge in [-0.3, -0.25) is 9.59 Å². The lowest BCUT2D eigenvalue weighted by atomic mass is 10.1. The van der Waals surface area contributed by atoms with Crippen LogP contribution in [-0.2, 0) is 16.1 Å². The number of ether oxygens (including phenoxy) is 1. The van der Waals surface area contributed by atoms with Crippen LogP contribution in [0.3, 0.4) is 0 Å². The maximum absolute atomic E-state index is 12.4. The molecule has 2 rings (SSSR count). The zero-order valence-electron chi connectivity index (χ0n) is 18.0. The number of rotatable bonds is 8. The molecule has 0 fully saturated rings. The molecule has 0 unspecified atom stereocenters. The van der Waals surface area contributed by atoms with E-state index in [1.165, 1.54) is 13.8 Å². The van der Waals surface area contributed by atoms with E-state index in [2.05, 4.69) is 16.0 Å². The number of hydrogen-bond donors (Lipinski definition) is 3. The molecule has 0 aliphatic heterocycles. The third-order valence-corrected chi connectivity index (χ3v) is 4.28. The van der Waals surface area contributed by atoms with Crippen molar-refractivity contribution in [2.45, 2.75) is 46.4 Å². The first-order valence-corrected chi connectivity index (χ1v) is 9.92. The molecule has 31 heavy (non-hydrogen) atoms. The molecule has 0 bridgehead atoms. The topological polar surface area (TPSA) is 114 Å². The van der Waals surface area contributed by atoms with Crippen molar-refractivity contribution in [2.24, 2.45) is 0 Å². The van der Waals surface area contributed by atoms with Crippen molar-refractivity contribution >= 4 is 29.4 Å². The number of anilines is 1. The summed E-state index contributed by atoms with van der Waals surface area (Å²) in [6.45, 7) is 6.90. The van der Waals surface area contributed by atoms with E-state index in [4.69, 9.17) is 4.74 Å². The number of esters is 1. The molecule has 0 saturated heterocycles. The van der Waals surface area contributed by atoms with Gasteiger partial charge in [0.1, 0.15) is 0 Å². The van der Waals surface area contributed by atoms with E-state index in [9.17, 15) is 19.2 Å². The number of carbonyl (C=O) groups is 4. The Morgan fingerprint density at radius 1 is 0.935 bits per heavy atom. The number of urea groups is 1. The van der Waals surface area contributed by atoms with Crippen LogP contribution in [0, 0.1) is 0 Å². The molecule has 3 amide bonds. The SMILES string of the molecule is CC(=O)c1ccccc1NC(=O)[C@@H](C)OC(=O)c1ccc(CNC(=O)NC(C)C)cc1. The Bertz CT molecular complexity index is 954. The summed E-state index contributed by atoms with van der Waals surface area (Å²) >= 11 is 0. The summed E-state index contributed by atoms with van der Waals surface area (Å²) in [6, 6.07) is 12.9. The van der Waals surface area contributed by atoms with E-state index in [0.717, 1.165) is 5.56 Å². The Balaban J connectivity index is 1.91. The third-order valence-electron chi connectivity index (χ3n) is 4.28. The van der Waals surface area contributed by atoms with E-state index < -0.39 is 18.0 Å². The Morgan fingerprint density at radius 2 is 1.58 bits per heavy atom. The van der Waals surface area contributed by atoms with Gasteiger partial charge >= 0.3 is 12.0 Å². The summed E-state index contributed by atoms with van der Waals surface area (Å²) in [5.74, 6) is -1.38. The van der Waals surface area contributed by atoms with Crippen LogP contribution in [0.15, 0.2) is 48.5 Å². The Hall–Kier alpha value is -3.68. The Kier molecular flexibility index (Phi) is 8.31. The summed E-state index contributed by atoms with van der Waals surface area (Å²) in [4.78, 5) is 48.0. The van der Waals surface area contributed by atoms with Crippen LogP contribution in [0.1, 0.15) is 54.0 Å². The van der Waals surface area contributed by atoms with Gasteiger partial charge in [-0.1, -0.05) is 24.3 Å². The molecule has 2 aromatic rings. The fourth-order valence-electron chi connectivity index (χ4n) is 2.67. The Labute approximate surface area is 181 Å². The van der Waals surface area contributed by atoms with Crippen molar-refractivity contribution in [3.8, 4) is 0 Å². The van der Waals surface area contributed by atoms with Gasteiger partial charge in [0.25, 0.3) is 5.91 Å². The molecule has 3 N–H and O–H groups in total. The van der Waals surface area contributed by atoms with Crippen LogP contribution >= 0.6 is 0 Å². The molecule has 0 saturated carbocycles. The number of carbonyl (C=O) groups excluding carboxylic acids is 4. The second-order valence-corrected chi connectivity index (χ2v) is 7.32. The van der Waals surface area contributed by atoms with Gasteiger partial charge in [-0.25, -0.2) is 9.59 Å². The molecule has 8 heteroatoms. The second kappa shape index (κ2) is 10.9. The first kappa shape index (κ1) is 23.6. The monoisotopic (exact) mass is 425 g/mol. The number of amides is 3. The summed E-state index contributed by atoms with van der Waals surface area (Å²) < 4.78 is 5.24. The predicted octanol–water partition coefficient (Wildman–Crippen LogP) is 3.28. The summed E-state index contributed by atoms with van der Waals surface area (Å²) in [7, 11) is 0. The zero-order chi connectivity index (χ0) is 23.0. The molecular formula is C23H27N3O5. The summed E-state index contributed by atoms with van der Waals surface area (Å²) in [6.07, 6.45) is -1.06. The average molecular weight is 425 g/mol. The lowest BCUT2D eigenvalue weighted by Gasteiger charge is -2.15. The zero-order valence-corrected chi connectivity index (χ0v) is 18.0. The van der Waals surface area contributed by atoms with Gasteiger partial charge in [-0.05, 0) is 57.5 Å². The lowest BCUT2D eigenvalue weighted by molar-refractivity contribution is -0.123. The number of ketones is 1. The molecule has 0 radical (unpaired) electrons. The molecule has 164 valence electrons. The molecule has 0 aliphatic rings. The number of hydrogen-bond acceptors (Lipinski definition) is 5. The molecule has 0 spiro atoms. The first-order valence-electron chi connectivity index (χ1n) is 9.92. The van der Waals surface area contributed by atoms with Gasteiger partial charge in [0, 0.05) is 18.2 Å². The van der Waals surface area contributed by atoms with Crippen molar-refractivity contribution in [2.75, 3.05) is 5.32 Å². The van der Waals surface area contributed by atoms with Crippen molar-refractivity contribution < 1.29 is 23.9 Å². The van der Waals surface area contributed by atoms with Gasteiger partial charge in [0.15, 0.2) is 11.9 Å². The van der Waals surface area contributed by atoms with Crippen LogP contribution in [0.25, 0.3) is 0 Å². The predicted molar refractivity (Wildman–Crippen MR) is 117 cm³/mol. The quantitative estimate of drug-likeness (QED) is 0.444. The van der Waals surface area contributed by atoms with Gasteiger partial charge in [0.05, 0.1) is 11.3 Å². The maximum Gasteiger partial charge on any atom is 0.338 e. The normalized spacial score (nSPS) is 11.4. The van der Waals surface area contributed by atoms with Gasteiger partial charge in [-0.2, -0.15) is 0 Å². The van der Waals surface area contributed by atoms with Gasteiger partial charge in [0.2, 0.25) is 0 Å². The number of Topliss-reactive ketones (excluding diaryl/α,β-unsaturated/α-hetero) is 1. The largest absolute Gasteiger partial charge is 0.449 e. The van der Waals surface area contributed by atoms with Crippen molar-refractivity contribution in [1.29, 1.82) is 0 Å². The van der Waals surface area contributed by atoms with Crippen molar-refractivity contribution in [3.63, 3.8) is 0 Å². The van der Waals surface area contributed by atoms with Crippen LogP contribution in [0.5, 0.6) is 0 Å². The highest BCUT2D eigenvalue weighted by atomic mass is 16.5. The summed E-state index contributed by atoms with van der Waals surface area (Å²) in [5, 5.41) is 8.05. The van der Waals surface area contributed by atoms with Crippen molar-refractivity contribution in [1.82, 2.24) is 10.6 Å². The number of benzene rings is 2.